The number of benzene rings is 3. The highest BCUT2D eigenvalue weighted by molar-refractivity contribution is 5.60. The molecule has 0 saturated carbocycles. The summed E-state index contributed by atoms with van der Waals surface area (Å²) in [6.07, 6.45) is 5.98. The second kappa shape index (κ2) is 10.7. The van der Waals surface area contributed by atoms with E-state index >= 15 is 0 Å². The molecule has 0 N–H and O–H groups in total. The van der Waals surface area contributed by atoms with E-state index in [2.05, 4.69) is 107 Å². The van der Waals surface area contributed by atoms with E-state index in [4.69, 9.17) is 0 Å². The van der Waals surface area contributed by atoms with Gasteiger partial charge in [0.25, 0.3) is 0 Å². The maximum atomic E-state index is 4.57. The third-order valence-corrected chi connectivity index (χ3v) is 6.65. The fraction of sp³-hybridized carbons (Fsp3) is 0.219. The van der Waals surface area contributed by atoms with Crippen molar-refractivity contribution in [1.29, 1.82) is 0 Å². The first-order chi connectivity index (χ1) is 17.5. The number of aromatic nitrogens is 4. The lowest BCUT2D eigenvalue weighted by Crippen LogP contribution is -1.97. The fourth-order valence-electron chi connectivity index (χ4n) is 4.59. The van der Waals surface area contributed by atoms with Gasteiger partial charge in [0.1, 0.15) is 5.82 Å². The van der Waals surface area contributed by atoms with Crippen LogP contribution in [0.1, 0.15) is 33.6 Å². The van der Waals surface area contributed by atoms with E-state index in [0.717, 1.165) is 48.6 Å². The molecule has 36 heavy (non-hydrogen) atoms. The summed E-state index contributed by atoms with van der Waals surface area (Å²) in [5.74, 6) is 1.72. The van der Waals surface area contributed by atoms with Crippen molar-refractivity contribution in [2.45, 2.75) is 39.5 Å². The van der Waals surface area contributed by atoms with E-state index in [-0.39, 0.29) is 0 Å². The monoisotopic (exact) mass is 472 g/mol. The first-order valence-corrected chi connectivity index (χ1v) is 12.6. The maximum absolute atomic E-state index is 4.57. The van der Waals surface area contributed by atoms with Crippen molar-refractivity contribution in [1.82, 2.24) is 19.7 Å². The molecule has 5 rings (SSSR count). The number of nitrogens with zero attached hydrogens (tertiary/aromatic N) is 4. The van der Waals surface area contributed by atoms with E-state index < -0.39 is 0 Å². The largest absolute Gasteiger partial charge is 0.256 e. The molecule has 4 heteroatoms. The predicted molar refractivity (Wildman–Crippen MR) is 147 cm³/mol. The minimum absolute atomic E-state index is 0.800. The minimum Gasteiger partial charge on any atom is -0.256 e. The smallest absolute Gasteiger partial charge is 0.158 e. The molecule has 0 unspecified atom stereocenters. The molecule has 0 bridgehead atoms. The van der Waals surface area contributed by atoms with Gasteiger partial charge in [-0.1, -0.05) is 72.3 Å². The summed E-state index contributed by atoms with van der Waals surface area (Å²) in [5.41, 5.74) is 9.97. The normalized spacial score (nSPS) is 11.1. The molecule has 5 aromatic rings. The summed E-state index contributed by atoms with van der Waals surface area (Å²) in [7, 11) is 1.95. The van der Waals surface area contributed by atoms with Crippen LogP contribution in [-0.2, 0) is 32.7 Å². The summed E-state index contributed by atoms with van der Waals surface area (Å²) in [5, 5.41) is 4.38. The second-order valence-electron chi connectivity index (χ2n) is 9.54. The molecule has 0 spiro atoms. The topological polar surface area (TPSA) is 43.6 Å². The predicted octanol–water partition coefficient (Wildman–Crippen LogP) is 6.73. The van der Waals surface area contributed by atoms with Gasteiger partial charge in [-0.15, -0.1) is 0 Å². The van der Waals surface area contributed by atoms with E-state index in [9.17, 15) is 0 Å². The van der Waals surface area contributed by atoms with E-state index in [0.29, 0.717) is 0 Å². The van der Waals surface area contributed by atoms with E-state index in [1.54, 1.807) is 0 Å². The molecule has 180 valence electrons. The van der Waals surface area contributed by atoms with Crippen LogP contribution in [-0.4, -0.2) is 19.7 Å². The molecule has 0 aliphatic carbocycles. The Morgan fingerprint density at radius 2 is 1.28 bits per heavy atom. The van der Waals surface area contributed by atoms with Crippen molar-refractivity contribution in [2.75, 3.05) is 0 Å². The van der Waals surface area contributed by atoms with Crippen LogP contribution in [0, 0.1) is 13.8 Å². The quantitative estimate of drug-likeness (QED) is 0.251. The number of aryl methyl sites for hydroxylation is 7. The van der Waals surface area contributed by atoms with Crippen LogP contribution in [0.15, 0.2) is 91.1 Å². The van der Waals surface area contributed by atoms with Crippen LogP contribution >= 0.6 is 0 Å². The summed E-state index contributed by atoms with van der Waals surface area (Å²) in [6, 6.07) is 30.7. The zero-order valence-electron chi connectivity index (χ0n) is 21.3. The van der Waals surface area contributed by atoms with Crippen molar-refractivity contribution >= 4 is 0 Å². The number of hydrogen-bond acceptors (Lipinski definition) is 3. The number of pyridine rings is 1. The van der Waals surface area contributed by atoms with Gasteiger partial charge in [-0.25, -0.2) is 9.67 Å². The zero-order valence-corrected chi connectivity index (χ0v) is 21.3. The minimum atomic E-state index is 0.800. The van der Waals surface area contributed by atoms with Crippen molar-refractivity contribution < 1.29 is 0 Å². The molecule has 0 aliphatic heterocycles. The molecule has 0 radical (unpaired) electrons. The highest BCUT2D eigenvalue weighted by atomic mass is 15.3. The SMILES string of the molecule is Cc1ccc(-c2cc(CCc3ccc(CCc4cccc(-c5nc(C)nn5C)c4)cc3)ccn2)cc1. The Labute approximate surface area is 213 Å². The van der Waals surface area contributed by atoms with Crippen molar-refractivity contribution in [2.24, 2.45) is 7.05 Å². The van der Waals surface area contributed by atoms with Crippen LogP contribution in [0.3, 0.4) is 0 Å². The lowest BCUT2D eigenvalue weighted by molar-refractivity contribution is 0.764. The molecular formula is C32H32N4. The van der Waals surface area contributed by atoms with Gasteiger partial charge in [0, 0.05) is 24.4 Å². The molecule has 4 nitrogen and oxygen atoms in total. The second-order valence-corrected chi connectivity index (χ2v) is 9.54. The van der Waals surface area contributed by atoms with Gasteiger partial charge in [0.05, 0.1) is 5.69 Å². The molecule has 0 atom stereocenters. The Balaban J connectivity index is 1.17. The third kappa shape index (κ3) is 5.77. The van der Waals surface area contributed by atoms with Gasteiger partial charge < -0.3 is 0 Å². The maximum Gasteiger partial charge on any atom is 0.158 e. The number of hydrogen-bond donors (Lipinski definition) is 0. The van der Waals surface area contributed by atoms with Crippen LogP contribution < -0.4 is 0 Å². The highest BCUT2D eigenvalue weighted by Crippen LogP contribution is 2.21. The van der Waals surface area contributed by atoms with Gasteiger partial charge >= 0.3 is 0 Å². The van der Waals surface area contributed by atoms with E-state index in [1.165, 1.54) is 33.4 Å². The molecule has 2 heterocycles. The Morgan fingerprint density at radius 3 is 1.92 bits per heavy atom. The van der Waals surface area contributed by atoms with Crippen LogP contribution in [0.5, 0.6) is 0 Å². The lowest BCUT2D eigenvalue weighted by atomic mass is 9.99. The van der Waals surface area contributed by atoms with Gasteiger partial charge in [-0.05, 0) is 80.0 Å². The summed E-state index contributed by atoms with van der Waals surface area (Å²) < 4.78 is 1.85. The summed E-state index contributed by atoms with van der Waals surface area (Å²) in [4.78, 5) is 9.13. The van der Waals surface area contributed by atoms with Crippen LogP contribution in [0.4, 0.5) is 0 Å². The van der Waals surface area contributed by atoms with Crippen LogP contribution in [0.25, 0.3) is 22.6 Å². The average molecular weight is 473 g/mol. The first-order valence-electron chi connectivity index (χ1n) is 12.6. The molecule has 3 aromatic carbocycles. The fourth-order valence-corrected chi connectivity index (χ4v) is 4.59. The Morgan fingerprint density at radius 1 is 0.639 bits per heavy atom. The molecule has 0 fully saturated rings. The lowest BCUT2D eigenvalue weighted by Gasteiger charge is -2.08. The molecule has 0 amide bonds. The third-order valence-electron chi connectivity index (χ3n) is 6.65. The van der Waals surface area contributed by atoms with Gasteiger partial charge in [-0.3, -0.25) is 4.98 Å². The van der Waals surface area contributed by atoms with Gasteiger partial charge in [-0.2, -0.15) is 5.10 Å². The van der Waals surface area contributed by atoms with Crippen LogP contribution in [0.2, 0.25) is 0 Å². The molecule has 0 aliphatic rings. The van der Waals surface area contributed by atoms with Gasteiger partial charge in [0.15, 0.2) is 5.82 Å². The summed E-state index contributed by atoms with van der Waals surface area (Å²) in [6.45, 7) is 4.04. The zero-order chi connectivity index (χ0) is 24.9. The number of rotatable bonds is 8. The standard InChI is InChI=1S/C32H32N4/c1-23-7-17-29(18-8-23)31-22-28(19-20-33-31)16-14-26-11-9-25(10-12-26)13-15-27-5-4-6-30(21-27)32-34-24(2)35-36(32)3/h4-12,17-22H,13-16H2,1-3H3. The van der Waals surface area contributed by atoms with Gasteiger partial charge in [0.2, 0.25) is 0 Å². The Kier molecular flexibility index (Phi) is 7.03. The van der Waals surface area contributed by atoms with Crippen molar-refractivity contribution in [3.8, 4) is 22.6 Å². The molecular weight excluding hydrogens is 440 g/mol. The Bertz CT molecular complexity index is 1450. The first kappa shape index (κ1) is 23.7. The Hall–Kier alpha value is -4.05. The highest BCUT2D eigenvalue weighted by Gasteiger charge is 2.08. The molecule has 0 saturated heterocycles. The van der Waals surface area contributed by atoms with Crippen molar-refractivity contribution in [3.05, 3.63) is 125 Å². The van der Waals surface area contributed by atoms with Crippen molar-refractivity contribution in [3.63, 3.8) is 0 Å². The summed E-state index contributed by atoms with van der Waals surface area (Å²) >= 11 is 0. The van der Waals surface area contributed by atoms with E-state index in [1.807, 2.05) is 24.9 Å². The average Bonchev–Trinajstić information content (AvgIpc) is 3.25. The molecule has 2 aromatic heterocycles.